The highest BCUT2D eigenvalue weighted by atomic mass is 32.2. The number of anilines is 2. The average molecular weight is 1080 g/mol. The van der Waals surface area contributed by atoms with Gasteiger partial charge in [-0.3, -0.25) is 14.5 Å². The maximum absolute atomic E-state index is 12.7. The van der Waals surface area contributed by atoms with Gasteiger partial charge < -0.3 is 39.4 Å². The fourth-order valence-electron chi connectivity index (χ4n) is 7.01. The first-order valence-electron chi connectivity index (χ1n) is 23.3. The molecule has 404 valence electrons. The summed E-state index contributed by atoms with van der Waals surface area (Å²) in [5.74, 6) is 3.87. The van der Waals surface area contributed by atoms with Crippen molar-refractivity contribution in [1.29, 1.82) is 0 Å². The van der Waals surface area contributed by atoms with E-state index in [1.807, 2.05) is 56.0 Å². The first kappa shape index (κ1) is 58.3. The fourth-order valence-corrected chi connectivity index (χ4v) is 8.70. The van der Waals surface area contributed by atoms with Gasteiger partial charge in [-0.2, -0.15) is 16.8 Å². The Morgan fingerprint density at radius 3 is 1.67 bits per heavy atom. The molecule has 0 saturated carbocycles. The molecule has 0 bridgehead atoms. The number of methoxy groups -OCH3 is 2. The molecule has 0 radical (unpaired) electrons. The number of pyridine rings is 3. The van der Waals surface area contributed by atoms with Gasteiger partial charge in [0.2, 0.25) is 16.9 Å². The molecule has 7 heterocycles. The van der Waals surface area contributed by atoms with Crippen LogP contribution in [0.1, 0.15) is 127 Å². The van der Waals surface area contributed by atoms with E-state index in [2.05, 4.69) is 43.5 Å². The van der Waals surface area contributed by atoms with Gasteiger partial charge in [0, 0.05) is 52.2 Å². The molecular weight excluding hydrogens is 1010 g/mol. The van der Waals surface area contributed by atoms with E-state index in [-0.39, 0.29) is 17.0 Å². The lowest BCUT2D eigenvalue weighted by molar-refractivity contribution is -0.614. The van der Waals surface area contributed by atoms with Crippen molar-refractivity contribution in [2.24, 2.45) is 4.40 Å². The third kappa shape index (κ3) is 14.4. The number of ether oxygens (including phenoxy) is 2. The molecule has 0 saturated heterocycles. The van der Waals surface area contributed by atoms with Crippen molar-refractivity contribution < 1.29 is 59.8 Å². The van der Waals surface area contributed by atoms with Gasteiger partial charge in [0.1, 0.15) is 23.3 Å². The SMILES string of the molecule is CC(C)c1cc[n+](C([O-])=NS(=O)(=O)c2cc(C(C)(C)O)co2)cc1.COc1cc(-n2c(C)nc(C(C)C)c2N)ccn1.COc1cc(-n2c(C)nc(C(C)C)c2NC(=O)NS(=O)(=O)c2cc(C(C)(C)O)co2)ccn1. The molecule has 25 heteroatoms. The number of nitrogen functional groups attached to an aromatic ring is 1. The van der Waals surface area contributed by atoms with Crippen molar-refractivity contribution in [2.75, 3.05) is 25.3 Å². The molecule has 7 rings (SSSR count). The van der Waals surface area contributed by atoms with E-state index in [1.165, 1.54) is 47.2 Å². The highest BCUT2D eigenvalue weighted by Gasteiger charge is 2.30. The second kappa shape index (κ2) is 23.3. The number of aliphatic hydroxyl groups is 2. The number of amides is 2. The number of carbonyl (C=O) groups excluding carboxylic acids is 1. The summed E-state index contributed by atoms with van der Waals surface area (Å²) in [5.41, 5.74) is 8.17. The van der Waals surface area contributed by atoms with Crippen molar-refractivity contribution >= 4 is 43.7 Å². The summed E-state index contributed by atoms with van der Waals surface area (Å²) in [5, 5.41) is 33.5. The molecule has 0 aliphatic heterocycles. The summed E-state index contributed by atoms with van der Waals surface area (Å²) in [7, 11) is -5.55. The number of nitrogens with zero attached hydrogens (tertiary/aromatic N) is 8. The minimum absolute atomic E-state index is 0.0694. The van der Waals surface area contributed by atoms with Crippen LogP contribution in [0.5, 0.6) is 11.8 Å². The number of hydrogen-bond donors (Lipinski definition) is 5. The molecule has 0 unspecified atom stereocenters. The number of furan rings is 2. The molecule has 7 aromatic heterocycles. The van der Waals surface area contributed by atoms with Crippen molar-refractivity contribution in [3.63, 3.8) is 0 Å². The Hall–Kier alpha value is -7.61. The zero-order chi connectivity index (χ0) is 56.0. The van der Waals surface area contributed by atoms with Crippen molar-refractivity contribution in [3.05, 3.63) is 126 Å². The Balaban J connectivity index is 0.000000218. The monoisotopic (exact) mass is 1080 g/mol. The Bertz CT molecular complexity index is 3360. The summed E-state index contributed by atoms with van der Waals surface area (Å²) in [6.45, 7) is 21.6. The molecule has 23 nitrogen and oxygen atoms in total. The molecule has 7 aromatic rings. The topological polar surface area (TPSA) is 321 Å². The highest BCUT2D eigenvalue weighted by molar-refractivity contribution is 7.90. The van der Waals surface area contributed by atoms with Crippen LogP contribution in [0.25, 0.3) is 11.4 Å². The minimum Gasteiger partial charge on any atom is -0.806 e. The summed E-state index contributed by atoms with van der Waals surface area (Å²) in [4.78, 5) is 30.0. The lowest BCUT2D eigenvalue weighted by Crippen LogP contribution is -2.50. The second-order valence-electron chi connectivity index (χ2n) is 18.9. The fraction of sp³-hybridized carbons (Fsp3) is 0.380. The molecule has 0 aromatic carbocycles. The highest BCUT2D eigenvalue weighted by Crippen LogP contribution is 2.31. The number of aryl methyl sites for hydroxylation is 2. The van der Waals surface area contributed by atoms with Gasteiger partial charge in [-0.25, -0.2) is 34.0 Å². The molecule has 0 spiro atoms. The van der Waals surface area contributed by atoms with Gasteiger partial charge in [-0.1, -0.05) is 41.5 Å². The lowest BCUT2D eigenvalue weighted by Gasteiger charge is -2.15. The Morgan fingerprint density at radius 1 is 0.747 bits per heavy atom. The number of carbonyl (C=O) groups is 1. The number of nitrogens with one attached hydrogen (secondary N) is 2. The third-order valence-electron chi connectivity index (χ3n) is 11.1. The van der Waals surface area contributed by atoms with Crippen LogP contribution in [-0.2, 0) is 31.2 Å². The van der Waals surface area contributed by atoms with Crippen LogP contribution in [0.15, 0.2) is 109 Å². The maximum Gasteiger partial charge on any atom is 0.402 e. The van der Waals surface area contributed by atoms with E-state index < -0.39 is 53.5 Å². The standard InChI is InChI=1S/C21H27N5O6S.C16H20N2O5S.C13H18N4O/c1-12(2)18-19(26(13(3)23-18)15-7-8-22-16(10-15)31-6)24-20(27)25-33(29,30)17-9-14(11-32-17)21(4,5)28;1-11(2)12-5-7-18(8-6-12)15(19)17-24(21,22)14-9-13(10-23-14)16(3,4)20;1-8(2)12-13(14)17(9(3)16-12)10-5-6-15-11(7-10)18-4/h7-12,28H,1-6H3,(H2,24,25,27);5-11,20H,1-4H3;5-8H,14H2,1-4H3. The lowest BCUT2D eigenvalue weighted by atomic mass is 10.0. The summed E-state index contributed by atoms with van der Waals surface area (Å²) >= 11 is 0. The predicted molar refractivity (Wildman–Crippen MR) is 276 cm³/mol. The number of nitrogens with two attached hydrogens (primary N) is 1. The van der Waals surface area contributed by atoms with Crippen LogP contribution in [0.3, 0.4) is 0 Å². The maximum atomic E-state index is 12.7. The number of urea groups is 1. The summed E-state index contributed by atoms with van der Waals surface area (Å²) < 4.78 is 79.7. The van der Waals surface area contributed by atoms with E-state index in [4.69, 9.17) is 24.0 Å². The van der Waals surface area contributed by atoms with Crippen LogP contribution in [0, 0.1) is 13.8 Å². The van der Waals surface area contributed by atoms with E-state index in [0.717, 1.165) is 52.0 Å². The molecule has 0 aliphatic rings. The van der Waals surface area contributed by atoms with Gasteiger partial charge in [0.05, 0.1) is 73.1 Å². The van der Waals surface area contributed by atoms with E-state index in [0.29, 0.717) is 52.4 Å². The van der Waals surface area contributed by atoms with Crippen molar-refractivity contribution in [1.82, 2.24) is 33.8 Å². The summed E-state index contributed by atoms with van der Waals surface area (Å²) in [6, 6.07) is 10.9. The molecule has 0 atom stereocenters. The van der Waals surface area contributed by atoms with E-state index in [9.17, 15) is 36.9 Å². The van der Waals surface area contributed by atoms with Gasteiger partial charge in [0.15, 0.2) is 0 Å². The van der Waals surface area contributed by atoms with Crippen LogP contribution in [-0.4, -0.2) is 82.4 Å². The Labute approximate surface area is 436 Å². The first-order valence-corrected chi connectivity index (χ1v) is 26.3. The minimum atomic E-state index is -4.33. The van der Waals surface area contributed by atoms with Crippen LogP contribution < -0.4 is 34.9 Å². The number of aromatic nitrogens is 7. The smallest absolute Gasteiger partial charge is 0.402 e. The molecule has 6 N–H and O–H groups in total. The van der Waals surface area contributed by atoms with Gasteiger partial charge in [0.25, 0.3) is 21.1 Å². The molecule has 75 heavy (non-hydrogen) atoms. The molecule has 0 aliphatic carbocycles. The van der Waals surface area contributed by atoms with E-state index in [1.54, 1.807) is 55.3 Å². The first-order chi connectivity index (χ1) is 34.9. The Kier molecular flexibility index (Phi) is 18.1. The largest absolute Gasteiger partial charge is 0.806 e. The predicted octanol–water partition coefficient (Wildman–Crippen LogP) is 6.20. The second-order valence-corrected chi connectivity index (χ2v) is 22.1. The zero-order valence-electron chi connectivity index (χ0n) is 44.3. The van der Waals surface area contributed by atoms with Crippen LogP contribution >= 0.6 is 0 Å². The number of sulfonamides is 2. The number of rotatable bonds is 14. The summed E-state index contributed by atoms with van der Waals surface area (Å²) in [6.07, 6.45) is 8.41. The van der Waals surface area contributed by atoms with Crippen LogP contribution in [0.4, 0.5) is 16.4 Å². The van der Waals surface area contributed by atoms with Crippen molar-refractivity contribution in [2.45, 2.75) is 122 Å². The third-order valence-corrected chi connectivity index (χ3v) is 13.4. The van der Waals surface area contributed by atoms with Crippen LogP contribution in [0.2, 0.25) is 0 Å². The van der Waals surface area contributed by atoms with Crippen molar-refractivity contribution in [3.8, 4) is 23.1 Å². The number of hydrogen-bond acceptors (Lipinski definition) is 17. The quantitative estimate of drug-likeness (QED) is 0.0460. The van der Waals surface area contributed by atoms with E-state index >= 15 is 0 Å². The molecular formula is C50H65N11O12S2. The normalized spacial score (nSPS) is 12.3. The Morgan fingerprint density at radius 2 is 1.21 bits per heavy atom. The molecule has 0 fully saturated rings. The van der Waals surface area contributed by atoms with Gasteiger partial charge in [-0.05, 0) is 89.1 Å². The zero-order valence-corrected chi connectivity index (χ0v) is 45.9. The molecule has 2 amide bonds. The average Bonchev–Trinajstić information content (AvgIpc) is 4.16. The van der Waals surface area contributed by atoms with Gasteiger partial charge >= 0.3 is 16.1 Å². The van der Waals surface area contributed by atoms with Gasteiger partial charge in [-0.15, -0.1) is 0 Å². The number of imidazole rings is 2.